The quantitative estimate of drug-likeness (QED) is 0.501. The van der Waals surface area contributed by atoms with Gasteiger partial charge in [0.1, 0.15) is 5.75 Å². The van der Waals surface area contributed by atoms with Crippen molar-refractivity contribution in [3.05, 3.63) is 59.0 Å². The largest absolute Gasteiger partial charge is 0.496 e. The van der Waals surface area contributed by atoms with Crippen LogP contribution in [0.4, 0.5) is 5.69 Å². The Morgan fingerprint density at radius 1 is 1.08 bits per heavy atom. The van der Waals surface area contributed by atoms with E-state index < -0.39 is 11.8 Å². The molecular formula is C17H14N2O4S. The maximum Gasteiger partial charge on any atom is 0.274 e. The van der Waals surface area contributed by atoms with Crippen molar-refractivity contribution in [1.82, 2.24) is 5.48 Å². The van der Waals surface area contributed by atoms with Crippen LogP contribution in [0.25, 0.3) is 10.1 Å². The van der Waals surface area contributed by atoms with Crippen LogP contribution in [0.1, 0.15) is 20.7 Å². The summed E-state index contributed by atoms with van der Waals surface area (Å²) in [7, 11) is 1.44. The summed E-state index contributed by atoms with van der Waals surface area (Å²) < 4.78 is 6.31. The Kier molecular flexibility index (Phi) is 4.45. The highest BCUT2D eigenvalue weighted by molar-refractivity contribution is 7.17. The summed E-state index contributed by atoms with van der Waals surface area (Å²) in [5.74, 6) is -0.779. The Hall–Kier alpha value is -2.90. The number of nitrogens with one attached hydrogen (secondary N) is 2. The minimum absolute atomic E-state index is 0.150. The molecule has 3 N–H and O–H groups in total. The highest BCUT2D eigenvalue weighted by Crippen LogP contribution is 2.26. The van der Waals surface area contributed by atoms with Gasteiger partial charge in [0.15, 0.2) is 0 Å². The van der Waals surface area contributed by atoms with Crippen LogP contribution in [0, 0.1) is 0 Å². The lowest BCUT2D eigenvalue weighted by Crippen LogP contribution is -2.20. The SMILES string of the molecule is COc1ccc(C(=O)NO)cc1C(=O)Nc1ccc2sccc2c1. The molecule has 7 heteroatoms. The number of ether oxygens (including phenoxy) is 1. The van der Waals surface area contributed by atoms with Crippen LogP contribution in [-0.2, 0) is 0 Å². The number of hydrogen-bond acceptors (Lipinski definition) is 5. The van der Waals surface area contributed by atoms with Crippen LogP contribution in [0.2, 0.25) is 0 Å². The van der Waals surface area contributed by atoms with Gasteiger partial charge >= 0.3 is 0 Å². The van der Waals surface area contributed by atoms with Crippen LogP contribution in [0.3, 0.4) is 0 Å². The van der Waals surface area contributed by atoms with Crippen molar-refractivity contribution in [2.24, 2.45) is 0 Å². The van der Waals surface area contributed by atoms with E-state index in [4.69, 9.17) is 9.94 Å². The molecule has 3 aromatic rings. The predicted molar refractivity (Wildman–Crippen MR) is 92.0 cm³/mol. The summed E-state index contributed by atoms with van der Waals surface area (Å²) in [5.41, 5.74) is 2.53. The summed E-state index contributed by atoms with van der Waals surface area (Å²) in [5, 5.41) is 14.5. The monoisotopic (exact) mass is 342 g/mol. The summed E-state index contributed by atoms with van der Waals surface area (Å²) in [6, 6.07) is 11.9. The fourth-order valence-electron chi connectivity index (χ4n) is 2.33. The van der Waals surface area contributed by atoms with Gasteiger partial charge in [-0.2, -0.15) is 0 Å². The summed E-state index contributed by atoms with van der Waals surface area (Å²) in [4.78, 5) is 24.1. The van der Waals surface area contributed by atoms with Crippen molar-refractivity contribution in [2.75, 3.05) is 12.4 Å². The van der Waals surface area contributed by atoms with E-state index in [1.807, 2.05) is 29.6 Å². The Labute approximate surface area is 141 Å². The topological polar surface area (TPSA) is 87.7 Å². The molecular weight excluding hydrogens is 328 g/mol. The number of fused-ring (bicyclic) bond motifs is 1. The van der Waals surface area contributed by atoms with E-state index >= 15 is 0 Å². The third kappa shape index (κ3) is 3.08. The van der Waals surface area contributed by atoms with Crippen LogP contribution in [0.15, 0.2) is 47.8 Å². The lowest BCUT2D eigenvalue weighted by Gasteiger charge is -2.11. The second-order valence-electron chi connectivity index (χ2n) is 4.98. The molecule has 24 heavy (non-hydrogen) atoms. The van der Waals surface area contributed by atoms with E-state index in [2.05, 4.69) is 5.32 Å². The van der Waals surface area contributed by atoms with Crippen LogP contribution in [-0.4, -0.2) is 24.1 Å². The minimum Gasteiger partial charge on any atom is -0.496 e. The van der Waals surface area contributed by atoms with Crippen molar-refractivity contribution >= 4 is 38.9 Å². The van der Waals surface area contributed by atoms with E-state index in [-0.39, 0.29) is 11.1 Å². The zero-order valence-electron chi connectivity index (χ0n) is 12.7. The van der Waals surface area contributed by atoms with Gasteiger partial charge < -0.3 is 10.1 Å². The first-order valence-electron chi connectivity index (χ1n) is 7.03. The number of anilines is 1. The van der Waals surface area contributed by atoms with E-state index in [0.717, 1.165) is 10.1 Å². The molecule has 122 valence electrons. The van der Waals surface area contributed by atoms with Crippen LogP contribution >= 0.6 is 11.3 Å². The van der Waals surface area contributed by atoms with Gasteiger partial charge in [0, 0.05) is 16.0 Å². The first-order chi connectivity index (χ1) is 11.6. The van der Waals surface area contributed by atoms with Crippen LogP contribution < -0.4 is 15.5 Å². The molecule has 0 fully saturated rings. The molecule has 0 radical (unpaired) electrons. The van der Waals surface area contributed by atoms with Gasteiger partial charge in [-0.15, -0.1) is 11.3 Å². The van der Waals surface area contributed by atoms with Crippen molar-refractivity contribution in [3.8, 4) is 5.75 Å². The number of hydrogen-bond donors (Lipinski definition) is 3. The number of benzene rings is 2. The lowest BCUT2D eigenvalue weighted by atomic mass is 10.1. The fraction of sp³-hybridized carbons (Fsp3) is 0.0588. The second-order valence-corrected chi connectivity index (χ2v) is 5.93. The molecule has 2 aromatic carbocycles. The minimum atomic E-state index is -0.702. The molecule has 0 aliphatic carbocycles. The third-order valence-corrected chi connectivity index (χ3v) is 4.42. The van der Waals surface area contributed by atoms with Crippen LogP contribution in [0.5, 0.6) is 5.75 Å². The van der Waals surface area contributed by atoms with Gasteiger partial charge in [0.2, 0.25) is 0 Å². The van der Waals surface area contributed by atoms with Crippen molar-refractivity contribution in [3.63, 3.8) is 0 Å². The second kappa shape index (κ2) is 6.69. The third-order valence-electron chi connectivity index (χ3n) is 3.52. The van der Waals surface area contributed by atoms with Crippen molar-refractivity contribution in [1.29, 1.82) is 0 Å². The number of methoxy groups -OCH3 is 1. The van der Waals surface area contributed by atoms with Gasteiger partial charge in [0.25, 0.3) is 11.8 Å². The lowest BCUT2D eigenvalue weighted by molar-refractivity contribution is 0.0706. The Morgan fingerprint density at radius 3 is 2.67 bits per heavy atom. The molecule has 0 saturated carbocycles. The number of carbonyl (C=O) groups excluding carboxylic acids is 2. The summed E-state index contributed by atoms with van der Waals surface area (Å²) in [6.45, 7) is 0. The van der Waals surface area contributed by atoms with Gasteiger partial charge in [0.05, 0.1) is 12.7 Å². The van der Waals surface area contributed by atoms with E-state index in [9.17, 15) is 9.59 Å². The number of rotatable bonds is 4. The Balaban J connectivity index is 1.91. The molecule has 1 heterocycles. The molecule has 6 nitrogen and oxygen atoms in total. The molecule has 1 aromatic heterocycles. The van der Waals surface area contributed by atoms with Crippen molar-refractivity contribution in [2.45, 2.75) is 0 Å². The molecule has 0 bridgehead atoms. The summed E-state index contributed by atoms with van der Waals surface area (Å²) in [6.07, 6.45) is 0. The number of hydroxylamine groups is 1. The number of amides is 2. The maximum absolute atomic E-state index is 12.5. The molecule has 3 rings (SSSR count). The van der Waals surface area contributed by atoms with Gasteiger partial charge in [-0.3, -0.25) is 14.8 Å². The smallest absolute Gasteiger partial charge is 0.274 e. The Bertz CT molecular complexity index is 920. The van der Waals surface area contributed by atoms with Gasteiger partial charge in [-0.1, -0.05) is 0 Å². The zero-order chi connectivity index (χ0) is 17.1. The number of carbonyl (C=O) groups is 2. The molecule has 0 saturated heterocycles. The Morgan fingerprint density at radius 2 is 1.92 bits per heavy atom. The highest BCUT2D eigenvalue weighted by atomic mass is 32.1. The number of thiophene rings is 1. The molecule has 0 unspecified atom stereocenters. The first-order valence-corrected chi connectivity index (χ1v) is 7.91. The highest BCUT2D eigenvalue weighted by Gasteiger charge is 2.16. The summed E-state index contributed by atoms with van der Waals surface area (Å²) >= 11 is 1.62. The van der Waals surface area contributed by atoms with Crippen molar-refractivity contribution < 1.29 is 19.5 Å². The van der Waals surface area contributed by atoms with Gasteiger partial charge in [-0.25, -0.2) is 5.48 Å². The average molecular weight is 342 g/mol. The standard InChI is InChI=1S/C17H14N2O4S/c1-23-14-4-2-11(16(20)19-22)9-13(14)17(21)18-12-3-5-15-10(8-12)6-7-24-15/h2-9,22H,1H3,(H,18,21)(H,19,20). The predicted octanol–water partition coefficient (Wildman–Crippen LogP) is 3.28. The van der Waals surface area contributed by atoms with Gasteiger partial charge in [-0.05, 0) is 53.2 Å². The first kappa shape index (κ1) is 16.0. The zero-order valence-corrected chi connectivity index (χ0v) is 13.5. The molecule has 0 atom stereocenters. The molecule has 0 aliphatic rings. The molecule has 2 amide bonds. The van der Waals surface area contributed by atoms with E-state index in [1.54, 1.807) is 16.8 Å². The van der Waals surface area contributed by atoms with E-state index in [0.29, 0.717) is 11.4 Å². The molecule has 0 aliphatic heterocycles. The average Bonchev–Trinajstić information content (AvgIpc) is 3.08. The molecule has 0 spiro atoms. The van der Waals surface area contributed by atoms with E-state index in [1.165, 1.54) is 25.3 Å². The fourth-order valence-corrected chi connectivity index (χ4v) is 3.10. The maximum atomic E-state index is 12.5. The normalized spacial score (nSPS) is 10.4.